The van der Waals surface area contributed by atoms with E-state index in [2.05, 4.69) is 47.5 Å². The Morgan fingerprint density at radius 3 is 2.64 bits per heavy atom. The summed E-state index contributed by atoms with van der Waals surface area (Å²) in [7, 11) is 0. The molecule has 25 heavy (non-hydrogen) atoms. The minimum absolute atomic E-state index is 0.0277. The molecule has 0 saturated heterocycles. The van der Waals surface area contributed by atoms with Gasteiger partial charge in [0.05, 0.1) is 6.04 Å². The van der Waals surface area contributed by atoms with E-state index >= 15 is 0 Å². The topological polar surface area (TPSA) is 32.3 Å². The Hall–Kier alpha value is -2.39. The van der Waals surface area contributed by atoms with Crippen LogP contribution in [0.1, 0.15) is 36.1 Å². The van der Waals surface area contributed by atoms with Crippen molar-refractivity contribution in [2.24, 2.45) is 0 Å². The third-order valence-corrected chi connectivity index (χ3v) is 4.72. The predicted octanol–water partition coefficient (Wildman–Crippen LogP) is 4.00. The molecule has 1 N–H and O–H groups in total. The van der Waals surface area contributed by atoms with Crippen LogP contribution in [0.5, 0.6) is 0 Å². The number of carbonyl (C=O) groups is 1. The summed E-state index contributed by atoms with van der Waals surface area (Å²) in [5, 5.41) is 3.11. The maximum atomic E-state index is 12.5. The molecule has 0 saturated carbocycles. The molecule has 0 aromatic heterocycles. The molecular formula is C22H26N2O. The fraction of sp³-hybridized carbons (Fsp3) is 0.318. The van der Waals surface area contributed by atoms with E-state index in [1.165, 1.54) is 11.1 Å². The highest BCUT2D eigenvalue weighted by atomic mass is 16.1. The van der Waals surface area contributed by atoms with Gasteiger partial charge >= 0.3 is 0 Å². The van der Waals surface area contributed by atoms with Gasteiger partial charge in [-0.15, -0.1) is 0 Å². The number of nitrogens with zero attached hydrogens (tertiary/aromatic N) is 1. The molecule has 3 rings (SSSR count). The number of hydrogen-bond donors (Lipinski definition) is 1. The van der Waals surface area contributed by atoms with Crippen molar-refractivity contribution in [2.45, 2.75) is 32.9 Å². The average molecular weight is 334 g/mol. The molecule has 0 fully saturated rings. The third kappa shape index (κ3) is 4.80. The Kier molecular flexibility index (Phi) is 5.67. The van der Waals surface area contributed by atoms with Crippen molar-refractivity contribution in [1.82, 2.24) is 10.2 Å². The van der Waals surface area contributed by atoms with Gasteiger partial charge in [-0.1, -0.05) is 66.2 Å². The summed E-state index contributed by atoms with van der Waals surface area (Å²) in [5.74, 6) is 0.0616. The van der Waals surface area contributed by atoms with Crippen LogP contribution >= 0.6 is 0 Å². The monoisotopic (exact) mass is 334 g/mol. The lowest BCUT2D eigenvalue weighted by atomic mass is 10.0. The van der Waals surface area contributed by atoms with Gasteiger partial charge in [-0.3, -0.25) is 9.69 Å². The van der Waals surface area contributed by atoms with Gasteiger partial charge in [0, 0.05) is 25.2 Å². The number of carbonyl (C=O) groups excluding carboxylic acids is 1. The molecule has 2 aromatic rings. The minimum Gasteiger partial charge on any atom is -0.346 e. The first-order valence-electron chi connectivity index (χ1n) is 8.94. The Morgan fingerprint density at radius 1 is 1.16 bits per heavy atom. The molecule has 0 radical (unpaired) electrons. The molecule has 3 nitrogen and oxygen atoms in total. The SMILES string of the molecule is Cc1cccc(CN2CC=C(C(=O)NC(C)c3ccccc3)CC2)c1. The summed E-state index contributed by atoms with van der Waals surface area (Å²) < 4.78 is 0. The van der Waals surface area contributed by atoms with Crippen LogP contribution in [-0.4, -0.2) is 23.9 Å². The molecule has 3 heteroatoms. The molecule has 1 atom stereocenters. The van der Waals surface area contributed by atoms with Crippen LogP contribution in [0.15, 0.2) is 66.2 Å². The maximum absolute atomic E-state index is 12.5. The summed E-state index contributed by atoms with van der Waals surface area (Å²) in [4.78, 5) is 14.9. The molecule has 1 heterocycles. The van der Waals surface area contributed by atoms with Crippen molar-refractivity contribution in [3.63, 3.8) is 0 Å². The Balaban J connectivity index is 1.54. The van der Waals surface area contributed by atoms with Gasteiger partial charge in [0.2, 0.25) is 5.91 Å². The normalized spacial score (nSPS) is 16.2. The quantitative estimate of drug-likeness (QED) is 0.896. The number of amides is 1. The minimum atomic E-state index is 0.0277. The second-order valence-electron chi connectivity index (χ2n) is 6.81. The Bertz CT molecular complexity index is 752. The fourth-order valence-corrected chi connectivity index (χ4v) is 3.24. The molecule has 1 unspecified atom stereocenters. The lowest BCUT2D eigenvalue weighted by molar-refractivity contribution is -0.118. The van der Waals surface area contributed by atoms with E-state index < -0.39 is 0 Å². The zero-order valence-corrected chi connectivity index (χ0v) is 15.0. The van der Waals surface area contributed by atoms with Crippen molar-refractivity contribution in [2.75, 3.05) is 13.1 Å². The first-order valence-corrected chi connectivity index (χ1v) is 8.94. The van der Waals surface area contributed by atoms with E-state index in [0.717, 1.165) is 37.2 Å². The lowest BCUT2D eigenvalue weighted by Crippen LogP contribution is -2.34. The zero-order valence-electron chi connectivity index (χ0n) is 15.0. The Labute approximate surface area is 150 Å². The van der Waals surface area contributed by atoms with Gasteiger partial charge in [0.25, 0.3) is 0 Å². The van der Waals surface area contributed by atoms with Gasteiger partial charge in [-0.2, -0.15) is 0 Å². The largest absolute Gasteiger partial charge is 0.346 e. The summed E-state index contributed by atoms with van der Waals surface area (Å²) in [6.07, 6.45) is 2.88. The average Bonchev–Trinajstić information content (AvgIpc) is 2.63. The van der Waals surface area contributed by atoms with E-state index in [4.69, 9.17) is 0 Å². The van der Waals surface area contributed by atoms with E-state index in [0.29, 0.717) is 0 Å². The number of hydrogen-bond acceptors (Lipinski definition) is 2. The summed E-state index contributed by atoms with van der Waals surface area (Å²) in [6.45, 7) is 6.84. The molecular weight excluding hydrogens is 308 g/mol. The zero-order chi connectivity index (χ0) is 17.6. The van der Waals surface area contributed by atoms with Crippen LogP contribution in [0.2, 0.25) is 0 Å². The van der Waals surface area contributed by atoms with E-state index in [1.807, 2.05) is 37.3 Å². The molecule has 1 aliphatic rings. The van der Waals surface area contributed by atoms with Crippen molar-refractivity contribution < 1.29 is 4.79 Å². The van der Waals surface area contributed by atoms with Crippen LogP contribution in [0.25, 0.3) is 0 Å². The Morgan fingerprint density at radius 2 is 1.96 bits per heavy atom. The molecule has 0 aliphatic carbocycles. The lowest BCUT2D eigenvalue weighted by Gasteiger charge is -2.26. The maximum Gasteiger partial charge on any atom is 0.247 e. The molecule has 0 spiro atoms. The van der Waals surface area contributed by atoms with Crippen LogP contribution in [0.3, 0.4) is 0 Å². The summed E-state index contributed by atoms with van der Waals surface area (Å²) in [5.41, 5.74) is 4.66. The van der Waals surface area contributed by atoms with Gasteiger partial charge in [-0.05, 0) is 31.4 Å². The van der Waals surface area contributed by atoms with Crippen LogP contribution in [-0.2, 0) is 11.3 Å². The predicted molar refractivity (Wildman–Crippen MR) is 102 cm³/mol. The number of benzene rings is 2. The van der Waals surface area contributed by atoms with Gasteiger partial charge in [0.1, 0.15) is 0 Å². The molecule has 1 aliphatic heterocycles. The molecule has 2 aromatic carbocycles. The van der Waals surface area contributed by atoms with Crippen molar-refractivity contribution in [1.29, 1.82) is 0 Å². The first kappa shape index (κ1) is 17.4. The van der Waals surface area contributed by atoms with Crippen molar-refractivity contribution in [3.8, 4) is 0 Å². The third-order valence-electron chi connectivity index (χ3n) is 4.72. The number of rotatable bonds is 5. The number of nitrogens with one attached hydrogen (secondary N) is 1. The molecule has 0 bridgehead atoms. The second kappa shape index (κ2) is 8.13. The summed E-state index contributed by atoms with van der Waals surface area (Å²) in [6, 6.07) is 18.7. The van der Waals surface area contributed by atoms with Crippen molar-refractivity contribution >= 4 is 5.91 Å². The van der Waals surface area contributed by atoms with Crippen LogP contribution < -0.4 is 5.32 Å². The van der Waals surface area contributed by atoms with Crippen LogP contribution in [0, 0.1) is 6.92 Å². The highest BCUT2D eigenvalue weighted by molar-refractivity contribution is 5.93. The molecule has 130 valence electrons. The van der Waals surface area contributed by atoms with E-state index in [-0.39, 0.29) is 11.9 Å². The first-order chi connectivity index (χ1) is 12.1. The summed E-state index contributed by atoms with van der Waals surface area (Å²) >= 11 is 0. The van der Waals surface area contributed by atoms with Crippen molar-refractivity contribution in [3.05, 3.63) is 82.9 Å². The smallest absolute Gasteiger partial charge is 0.247 e. The molecule has 1 amide bonds. The van der Waals surface area contributed by atoms with E-state index in [9.17, 15) is 4.79 Å². The highest BCUT2D eigenvalue weighted by Crippen LogP contribution is 2.17. The number of aryl methyl sites for hydroxylation is 1. The second-order valence-corrected chi connectivity index (χ2v) is 6.81. The van der Waals surface area contributed by atoms with Crippen LogP contribution in [0.4, 0.5) is 0 Å². The van der Waals surface area contributed by atoms with E-state index in [1.54, 1.807) is 0 Å². The fourth-order valence-electron chi connectivity index (χ4n) is 3.24. The highest BCUT2D eigenvalue weighted by Gasteiger charge is 2.18. The van der Waals surface area contributed by atoms with Gasteiger partial charge < -0.3 is 5.32 Å². The standard InChI is InChI=1S/C22H26N2O/c1-17-7-6-8-19(15-17)16-24-13-11-21(12-14-24)22(25)23-18(2)20-9-4-3-5-10-20/h3-11,15,18H,12-14,16H2,1-2H3,(H,23,25). The van der Waals surface area contributed by atoms with Gasteiger partial charge in [-0.25, -0.2) is 0 Å². The van der Waals surface area contributed by atoms with Gasteiger partial charge in [0.15, 0.2) is 0 Å².